The van der Waals surface area contributed by atoms with Crippen molar-refractivity contribution < 1.29 is 13.9 Å². The van der Waals surface area contributed by atoms with Crippen LogP contribution in [0.3, 0.4) is 0 Å². The Morgan fingerprint density at radius 2 is 2.35 bits per heavy atom. The number of halogens is 1. The second-order valence-corrected chi connectivity index (χ2v) is 3.56. The SMILES string of the molecule is C=CCCNCc1ccc(C(=O)OC)c(F)c1. The molecular formula is C13H16FNO2. The van der Waals surface area contributed by atoms with Crippen LogP contribution in [0.1, 0.15) is 22.3 Å². The van der Waals surface area contributed by atoms with E-state index in [2.05, 4.69) is 16.6 Å². The van der Waals surface area contributed by atoms with Crippen molar-refractivity contribution in [1.29, 1.82) is 0 Å². The summed E-state index contributed by atoms with van der Waals surface area (Å²) in [6.45, 7) is 4.97. The molecule has 0 spiro atoms. The van der Waals surface area contributed by atoms with Crippen LogP contribution in [-0.2, 0) is 11.3 Å². The van der Waals surface area contributed by atoms with E-state index in [-0.39, 0.29) is 5.56 Å². The molecule has 0 saturated heterocycles. The van der Waals surface area contributed by atoms with Crippen LogP contribution in [0.4, 0.5) is 4.39 Å². The zero-order valence-corrected chi connectivity index (χ0v) is 9.83. The van der Waals surface area contributed by atoms with E-state index in [0.29, 0.717) is 6.54 Å². The maximum Gasteiger partial charge on any atom is 0.340 e. The molecule has 0 aliphatic heterocycles. The molecule has 1 rings (SSSR count). The van der Waals surface area contributed by atoms with Gasteiger partial charge in [0.05, 0.1) is 12.7 Å². The number of methoxy groups -OCH3 is 1. The summed E-state index contributed by atoms with van der Waals surface area (Å²) in [5.41, 5.74) is 0.751. The van der Waals surface area contributed by atoms with Gasteiger partial charge in [0.15, 0.2) is 0 Å². The van der Waals surface area contributed by atoms with Gasteiger partial charge in [-0.05, 0) is 30.7 Å². The van der Waals surface area contributed by atoms with E-state index >= 15 is 0 Å². The number of ether oxygens (including phenoxy) is 1. The Labute approximate surface area is 100 Å². The van der Waals surface area contributed by atoms with Crippen molar-refractivity contribution in [1.82, 2.24) is 5.32 Å². The fraction of sp³-hybridized carbons (Fsp3) is 0.308. The fourth-order valence-corrected chi connectivity index (χ4v) is 1.38. The van der Waals surface area contributed by atoms with Gasteiger partial charge in [-0.1, -0.05) is 12.1 Å². The number of esters is 1. The predicted molar refractivity (Wildman–Crippen MR) is 64.3 cm³/mol. The Hall–Kier alpha value is -1.68. The standard InChI is InChI=1S/C13H16FNO2/c1-3-4-7-15-9-10-5-6-11(12(14)8-10)13(16)17-2/h3,5-6,8,15H,1,4,7,9H2,2H3. The first kappa shape index (κ1) is 13.4. The van der Waals surface area contributed by atoms with E-state index in [9.17, 15) is 9.18 Å². The zero-order valence-electron chi connectivity index (χ0n) is 9.83. The summed E-state index contributed by atoms with van der Waals surface area (Å²) >= 11 is 0. The Morgan fingerprint density at radius 3 is 2.94 bits per heavy atom. The van der Waals surface area contributed by atoms with Crippen LogP contribution in [0.2, 0.25) is 0 Å². The molecule has 1 aromatic carbocycles. The van der Waals surface area contributed by atoms with Crippen LogP contribution in [0.15, 0.2) is 30.9 Å². The van der Waals surface area contributed by atoms with Crippen molar-refractivity contribution in [3.63, 3.8) is 0 Å². The lowest BCUT2D eigenvalue weighted by atomic mass is 10.1. The number of hydrogen-bond acceptors (Lipinski definition) is 3. The Kier molecular flexibility index (Phi) is 5.36. The first-order chi connectivity index (χ1) is 8.19. The molecule has 4 heteroatoms. The summed E-state index contributed by atoms with van der Waals surface area (Å²) in [5.74, 6) is -1.21. The first-order valence-electron chi connectivity index (χ1n) is 5.37. The smallest absolute Gasteiger partial charge is 0.340 e. The van der Waals surface area contributed by atoms with Crippen molar-refractivity contribution in [3.05, 3.63) is 47.8 Å². The fourth-order valence-electron chi connectivity index (χ4n) is 1.38. The van der Waals surface area contributed by atoms with Gasteiger partial charge in [-0.3, -0.25) is 0 Å². The summed E-state index contributed by atoms with van der Waals surface area (Å²) in [4.78, 5) is 11.2. The average Bonchev–Trinajstić information content (AvgIpc) is 2.34. The largest absolute Gasteiger partial charge is 0.465 e. The van der Waals surface area contributed by atoms with E-state index in [1.807, 2.05) is 6.08 Å². The Morgan fingerprint density at radius 1 is 1.59 bits per heavy atom. The Balaban J connectivity index is 2.62. The normalized spacial score (nSPS) is 10.0. The van der Waals surface area contributed by atoms with Gasteiger partial charge >= 0.3 is 5.97 Å². The highest BCUT2D eigenvalue weighted by Crippen LogP contribution is 2.11. The molecule has 92 valence electrons. The molecule has 0 atom stereocenters. The molecule has 1 N–H and O–H groups in total. The summed E-state index contributed by atoms with van der Waals surface area (Å²) in [5, 5.41) is 3.14. The first-order valence-corrected chi connectivity index (χ1v) is 5.37. The number of nitrogens with one attached hydrogen (secondary N) is 1. The molecule has 0 saturated carbocycles. The number of carbonyl (C=O) groups excluding carboxylic acids is 1. The van der Waals surface area contributed by atoms with Gasteiger partial charge in [0.25, 0.3) is 0 Å². The third kappa shape index (κ3) is 4.00. The van der Waals surface area contributed by atoms with E-state index in [0.717, 1.165) is 18.5 Å². The maximum absolute atomic E-state index is 13.5. The molecule has 3 nitrogen and oxygen atoms in total. The minimum atomic E-state index is -0.659. The Bertz CT molecular complexity index is 404. The van der Waals surface area contributed by atoms with Crippen LogP contribution in [0.5, 0.6) is 0 Å². The lowest BCUT2D eigenvalue weighted by Gasteiger charge is -2.06. The minimum Gasteiger partial charge on any atom is -0.465 e. The van der Waals surface area contributed by atoms with Crippen molar-refractivity contribution in [2.24, 2.45) is 0 Å². The van der Waals surface area contributed by atoms with Crippen LogP contribution in [-0.4, -0.2) is 19.6 Å². The van der Waals surface area contributed by atoms with E-state index in [1.165, 1.54) is 19.2 Å². The van der Waals surface area contributed by atoms with E-state index < -0.39 is 11.8 Å². The van der Waals surface area contributed by atoms with Gasteiger partial charge in [0.2, 0.25) is 0 Å². The van der Waals surface area contributed by atoms with E-state index in [4.69, 9.17) is 0 Å². The lowest BCUT2D eigenvalue weighted by Crippen LogP contribution is -2.14. The highest BCUT2D eigenvalue weighted by molar-refractivity contribution is 5.89. The third-order valence-corrected chi connectivity index (χ3v) is 2.29. The van der Waals surface area contributed by atoms with Gasteiger partial charge in [0.1, 0.15) is 5.82 Å². The molecule has 0 amide bonds. The second-order valence-electron chi connectivity index (χ2n) is 3.56. The molecule has 0 aliphatic carbocycles. The third-order valence-electron chi connectivity index (χ3n) is 2.29. The quantitative estimate of drug-likeness (QED) is 0.468. The number of carbonyl (C=O) groups is 1. The lowest BCUT2D eigenvalue weighted by molar-refractivity contribution is 0.0595. The molecule has 1 aromatic rings. The van der Waals surface area contributed by atoms with Gasteiger partial charge in [0, 0.05) is 6.54 Å². The second kappa shape index (κ2) is 6.81. The summed E-state index contributed by atoms with van der Waals surface area (Å²) in [6.07, 6.45) is 2.68. The molecule has 0 bridgehead atoms. The predicted octanol–water partition coefficient (Wildman–Crippen LogP) is 2.28. The van der Waals surface area contributed by atoms with Crippen molar-refractivity contribution >= 4 is 5.97 Å². The van der Waals surface area contributed by atoms with Crippen LogP contribution in [0, 0.1) is 5.82 Å². The molecule has 0 fully saturated rings. The topological polar surface area (TPSA) is 38.3 Å². The minimum absolute atomic E-state index is 0.0395. The van der Waals surface area contributed by atoms with E-state index in [1.54, 1.807) is 6.07 Å². The summed E-state index contributed by atoms with van der Waals surface area (Å²) in [7, 11) is 1.23. The van der Waals surface area contributed by atoms with Crippen molar-refractivity contribution in [2.75, 3.05) is 13.7 Å². The van der Waals surface area contributed by atoms with Gasteiger partial charge in [-0.15, -0.1) is 6.58 Å². The van der Waals surface area contributed by atoms with Crippen LogP contribution in [0.25, 0.3) is 0 Å². The van der Waals surface area contributed by atoms with Crippen LogP contribution < -0.4 is 5.32 Å². The van der Waals surface area contributed by atoms with Gasteiger partial charge < -0.3 is 10.1 Å². The molecule has 0 aliphatic rings. The average molecular weight is 237 g/mol. The van der Waals surface area contributed by atoms with Gasteiger partial charge in [-0.25, -0.2) is 9.18 Å². The summed E-state index contributed by atoms with van der Waals surface area (Å²) < 4.78 is 18.0. The van der Waals surface area contributed by atoms with Crippen molar-refractivity contribution in [2.45, 2.75) is 13.0 Å². The summed E-state index contributed by atoms with van der Waals surface area (Å²) in [6, 6.07) is 4.48. The molecule has 0 heterocycles. The highest BCUT2D eigenvalue weighted by Gasteiger charge is 2.11. The zero-order chi connectivity index (χ0) is 12.7. The number of rotatable bonds is 6. The molecule has 0 radical (unpaired) electrons. The van der Waals surface area contributed by atoms with Crippen LogP contribution >= 0.6 is 0 Å². The monoisotopic (exact) mass is 237 g/mol. The highest BCUT2D eigenvalue weighted by atomic mass is 19.1. The molecule has 0 unspecified atom stereocenters. The number of hydrogen-bond donors (Lipinski definition) is 1. The van der Waals surface area contributed by atoms with Crippen molar-refractivity contribution in [3.8, 4) is 0 Å². The molecular weight excluding hydrogens is 221 g/mol. The number of benzene rings is 1. The molecule has 0 aromatic heterocycles. The van der Waals surface area contributed by atoms with Gasteiger partial charge in [-0.2, -0.15) is 0 Å². The molecule has 17 heavy (non-hydrogen) atoms. The maximum atomic E-state index is 13.5.